The topological polar surface area (TPSA) is 78.5 Å². The first-order chi connectivity index (χ1) is 16.4. The molecule has 9 heteroatoms. The average Bonchev–Trinajstić information content (AvgIpc) is 3.05. The van der Waals surface area contributed by atoms with Crippen molar-refractivity contribution in [1.29, 1.82) is 0 Å². The van der Waals surface area contributed by atoms with Crippen molar-refractivity contribution in [2.75, 3.05) is 16.8 Å². The molecule has 0 spiro atoms. The maximum atomic E-state index is 12.9. The Labute approximate surface area is 211 Å². The molecule has 172 valence electrons. The quantitative estimate of drug-likeness (QED) is 0.414. The average molecular weight is 515 g/mol. The van der Waals surface area contributed by atoms with Crippen LogP contribution in [-0.4, -0.2) is 24.3 Å². The van der Waals surface area contributed by atoms with Crippen LogP contribution in [0.3, 0.4) is 0 Å². The minimum Gasteiger partial charge on any atom is -0.352 e. The number of hydrogen-bond donors (Lipinski definition) is 2. The van der Waals surface area contributed by atoms with Crippen LogP contribution >= 0.6 is 34.8 Å². The molecule has 3 aromatic carbocycles. The van der Waals surface area contributed by atoms with Gasteiger partial charge in [-0.25, -0.2) is 4.90 Å². The summed E-state index contributed by atoms with van der Waals surface area (Å²) in [7, 11) is 0. The molecule has 4 rings (SSSR count). The van der Waals surface area contributed by atoms with Crippen LogP contribution in [0.1, 0.15) is 15.9 Å². The third kappa shape index (κ3) is 4.94. The Balaban J connectivity index is 1.41. The Hall–Kier alpha value is -3.32. The molecule has 34 heavy (non-hydrogen) atoms. The van der Waals surface area contributed by atoms with Gasteiger partial charge in [0.05, 0.1) is 15.7 Å². The summed E-state index contributed by atoms with van der Waals surface area (Å²) in [5.41, 5.74) is 2.12. The number of amides is 3. The fraction of sp³-hybridized carbons (Fsp3) is 0.0800. The lowest BCUT2D eigenvalue weighted by Gasteiger charge is -2.17. The first kappa shape index (κ1) is 23.8. The third-order valence-corrected chi connectivity index (χ3v) is 6.32. The standard InChI is InChI=1S/C25H18Cl3N3O3/c26-18-7-4-8-19(20(18)27)31-24(33)21(28)22(25(31)34)30-17-11-9-16(10-12-17)23(32)29-14-13-15-5-2-1-3-6-15/h1-12,30H,13-14H2,(H,29,32). The summed E-state index contributed by atoms with van der Waals surface area (Å²) >= 11 is 18.4. The monoisotopic (exact) mass is 513 g/mol. The highest BCUT2D eigenvalue weighted by Gasteiger charge is 2.40. The molecule has 0 aliphatic carbocycles. The molecule has 0 aromatic heterocycles. The molecule has 3 aromatic rings. The summed E-state index contributed by atoms with van der Waals surface area (Å²) in [5, 5.41) is 5.74. The molecule has 1 heterocycles. The zero-order chi connectivity index (χ0) is 24.2. The van der Waals surface area contributed by atoms with Crippen LogP contribution in [0.5, 0.6) is 0 Å². The van der Waals surface area contributed by atoms with Crippen molar-refractivity contribution in [2.24, 2.45) is 0 Å². The van der Waals surface area contributed by atoms with E-state index >= 15 is 0 Å². The van der Waals surface area contributed by atoms with Crippen LogP contribution in [0.15, 0.2) is 83.5 Å². The van der Waals surface area contributed by atoms with Crippen molar-refractivity contribution in [3.63, 3.8) is 0 Å². The van der Waals surface area contributed by atoms with Gasteiger partial charge in [0.25, 0.3) is 17.7 Å². The molecule has 2 N–H and O–H groups in total. The molecule has 0 bridgehead atoms. The van der Waals surface area contributed by atoms with Crippen molar-refractivity contribution in [3.05, 3.63) is 105 Å². The number of nitrogens with one attached hydrogen (secondary N) is 2. The second-order valence-electron chi connectivity index (χ2n) is 7.40. The van der Waals surface area contributed by atoms with E-state index in [0.717, 1.165) is 16.9 Å². The van der Waals surface area contributed by atoms with Crippen LogP contribution in [-0.2, 0) is 16.0 Å². The van der Waals surface area contributed by atoms with Gasteiger partial charge in [0.1, 0.15) is 10.7 Å². The molecular weight excluding hydrogens is 497 g/mol. The predicted octanol–water partition coefficient (Wildman–Crippen LogP) is 5.40. The van der Waals surface area contributed by atoms with Gasteiger partial charge in [-0.05, 0) is 48.4 Å². The fourth-order valence-corrected chi connectivity index (χ4v) is 4.00. The SMILES string of the molecule is O=C(NCCc1ccccc1)c1ccc(NC2=C(Cl)C(=O)N(c3cccc(Cl)c3Cl)C2=O)cc1. The van der Waals surface area contributed by atoms with E-state index in [-0.39, 0.29) is 32.4 Å². The van der Waals surface area contributed by atoms with Crippen molar-refractivity contribution < 1.29 is 14.4 Å². The van der Waals surface area contributed by atoms with Gasteiger partial charge < -0.3 is 10.6 Å². The molecule has 0 saturated carbocycles. The van der Waals surface area contributed by atoms with Gasteiger partial charge in [-0.15, -0.1) is 0 Å². The third-order valence-electron chi connectivity index (χ3n) is 5.16. The van der Waals surface area contributed by atoms with Crippen LogP contribution in [0.4, 0.5) is 11.4 Å². The Morgan fingerprint density at radius 1 is 0.824 bits per heavy atom. The number of anilines is 2. The van der Waals surface area contributed by atoms with E-state index in [9.17, 15) is 14.4 Å². The molecule has 6 nitrogen and oxygen atoms in total. The summed E-state index contributed by atoms with van der Waals surface area (Å²) in [5.74, 6) is -1.59. The van der Waals surface area contributed by atoms with E-state index < -0.39 is 11.8 Å². The molecule has 0 fully saturated rings. The van der Waals surface area contributed by atoms with Crippen molar-refractivity contribution in [2.45, 2.75) is 6.42 Å². The van der Waals surface area contributed by atoms with Crippen LogP contribution in [0, 0.1) is 0 Å². The summed E-state index contributed by atoms with van der Waals surface area (Å²) in [6.07, 6.45) is 0.724. The van der Waals surface area contributed by atoms with Gasteiger partial charge in [-0.3, -0.25) is 14.4 Å². The van der Waals surface area contributed by atoms with E-state index in [1.807, 2.05) is 30.3 Å². The minimum atomic E-state index is -0.715. The van der Waals surface area contributed by atoms with Gasteiger partial charge in [0, 0.05) is 17.8 Å². The van der Waals surface area contributed by atoms with Crippen molar-refractivity contribution >= 4 is 63.9 Å². The molecule has 1 aliphatic rings. The lowest BCUT2D eigenvalue weighted by Crippen LogP contribution is -2.32. The highest BCUT2D eigenvalue weighted by molar-refractivity contribution is 6.54. The summed E-state index contributed by atoms with van der Waals surface area (Å²) < 4.78 is 0. The number of imide groups is 1. The predicted molar refractivity (Wildman–Crippen MR) is 134 cm³/mol. The zero-order valence-electron chi connectivity index (χ0n) is 17.6. The molecular formula is C25H18Cl3N3O3. The van der Waals surface area contributed by atoms with Gasteiger partial charge in [-0.1, -0.05) is 71.2 Å². The van der Waals surface area contributed by atoms with E-state index in [1.54, 1.807) is 36.4 Å². The number of carbonyl (C=O) groups is 3. The molecule has 0 saturated heterocycles. The number of carbonyl (C=O) groups excluding carboxylic acids is 3. The highest BCUT2D eigenvalue weighted by Crippen LogP contribution is 2.37. The van der Waals surface area contributed by atoms with Crippen molar-refractivity contribution in [3.8, 4) is 0 Å². The number of hydrogen-bond acceptors (Lipinski definition) is 4. The van der Waals surface area contributed by atoms with Gasteiger partial charge in [0.15, 0.2) is 0 Å². The lowest BCUT2D eigenvalue weighted by atomic mass is 10.1. The molecule has 0 atom stereocenters. The number of halogens is 3. The Morgan fingerprint density at radius 2 is 1.53 bits per heavy atom. The van der Waals surface area contributed by atoms with Crippen LogP contribution in [0.25, 0.3) is 0 Å². The smallest absolute Gasteiger partial charge is 0.283 e. The van der Waals surface area contributed by atoms with Crippen molar-refractivity contribution in [1.82, 2.24) is 5.32 Å². The second-order valence-corrected chi connectivity index (χ2v) is 8.56. The lowest BCUT2D eigenvalue weighted by molar-refractivity contribution is -0.120. The number of rotatable bonds is 7. The maximum Gasteiger partial charge on any atom is 0.283 e. The summed E-state index contributed by atoms with van der Waals surface area (Å²) in [4.78, 5) is 38.9. The number of nitrogens with zero attached hydrogens (tertiary/aromatic N) is 1. The maximum absolute atomic E-state index is 12.9. The zero-order valence-corrected chi connectivity index (χ0v) is 19.9. The van der Waals surface area contributed by atoms with Crippen LogP contribution < -0.4 is 15.5 Å². The fourth-order valence-electron chi connectivity index (χ4n) is 3.41. The minimum absolute atomic E-state index is 0.0687. The Bertz CT molecular complexity index is 1290. The number of benzene rings is 3. The van der Waals surface area contributed by atoms with E-state index in [2.05, 4.69) is 10.6 Å². The molecule has 3 amide bonds. The van der Waals surface area contributed by atoms with E-state index in [0.29, 0.717) is 17.8 Å². The Kier molecular flexibility index (Phi) is 7.22. The second kappa shape index (κ2) is 10.3. The normalized spacial score (nSPS) is 13.4. The summed E-state index contributed by atoms with van der Waals surface area (Å²) in [6.45, 7) is 0.504. The summed E-state index contributed by atoms with van der Waals surface area (Å²) in [6, 6.07) is 21.0. The molecule has 0 unspecified atom stereocenters. The first-order valence-electron chi connectivity index (χ1n) is 10.3. The largest absolute Gasteiger partial charge is 0.352 e. The van der Waals surface area contributed by atoms with Gasteiger partial charge >= 0.3 is 0 Å². The molecule has 0 radical (unpaired) electrons. The Morgan fingerprint density at radius 3 is 2.24 bits per heavy atom. The van der Waals surface area contributed by atoms with Gasteiger partial charge in [0.2, 0.25) is 0 Å². The van der Waals surface area contributed by atoms with E-state index in [1.165, 1.54) is 6.07 Å². The van der Waals surface area contributed by atoms with Crippen LogP contribution in [0.2, 0.25) is 10.0 Å². The first-order valence-corrected chi connectivity index (χ1v) is 11.4. The highest BCUT2D eigenvalue weighted by atomic mass is 35.5. The van der Waals surface area contributed by atoms with Gasteiger partial charge in [-0.2, -0.15) is 0 Å². The van der Waals surface area contributed by atoms with E-state index in [4.69, 9.17) is 34.8 Å². The molecule has 1 aliphatic heterocycles.